The van der Waals surface area contributed by atoms with Crippen LogP contribution in [0.15, 0.2) is 24.3 Å². The predicted molar refractivity (Wildman–Crippen MR) is 73.9 cm³/mol. The van der Waals surface area contributed by atoms with E-state index >= 15 is 0 Å². The number of carbonyl (C=O) groups excluding carboxylic acids is 1. The molecule has 0 aliphatic heterocycles. The Labute approximate surface area is 107 Å². The number of nitrogens with one attached hydrogen (secondary N) is 1. The van der Waals surface area contributed by atoms with E-state index < -0.39 is 0 Å². The maximum absolute atomic E-state index is 11.8. The molecule has 94 valence electrons. The molecule has 0 unspecified atom stereocenters. The van der Waals surface area contributed by atoms with Crippen molar-refractivity contribution in [1.29, 1.82) is 0 Å². The summed E-state index contributed by atoms with van der Waals surface area (Å²) in [5.74, 6) is -0.0410. The first kappa shape index (κ1) is 12.6. The molecule has 1 heterocycles. The van der Waals surface area contributed by atoms with Crippen LogP contribution in [0.3, 0.4) is 0 Å². The lowest BCUT2D eigenvalue weighted by Gasteiger charge is -2.08. The van der Waals surface area contributed by atoms with Gasteiger partial charge < -0.3 is 5.32 Å². The summed E-state index contributed by atoms with van der Waals surface area (Å²) in [4.78, 5) is 16.3. The molecule has 1 N–H and O–H groups in total. The first-order valence-corrected chi connectivity index (χ1v) is 6.34. The van der Waals surface area contributed by atoms with Crippen LogP contribution >= 0.6 is 0 Å². The Morgan fingerprint density at radius 2 is 2.06 bits per heavy atom. The van der Waals surface area contributed by atoms with Crippen molar-refractivity contribution in [1.82, 2.24) is 10.3 Å². The Kier molecular flexibility index (Phi) is 3.60. The largest absolute Gasteiger partial charge is 0.352 e. The minimum absolute atomic E-state index is 0.0410. The van der Waals surface area contributed by atoms with Gasteiger partial charge in [0.2, 0.25) is 0 Å². The molecular formula is C15H18N2O. The third kappa shape index (κ3) is 2.35. The van der Waals surface area contributed by atoms with Crippen LogP contribution in [0, 0.1) is 6.92 Å². The standard InChI is InChI=1S/C15H18N2O/c1-4-11-8-10(3)17-14-9-12(6-7-13(11)14)15(18)16-5-2/h6-9H,4-5H2,1-3H3,(H,16,18). The maximum Gasteiger partial charge on any atom is 0.251 e. The summed E-state index contributed by atoms with van der Waals surface area (Å²) >= 11 is 0. The molecular weight excluding hydrogens is 224 g/mol. The molecule has 3 heteroatoms. The zero-order chi connectivity index (χ0) is 13.1. The van der Waals surface area contributed by atoms with E-state index in [1.54, 1.807) is 0 Å². The van der Waals surface area contributed by atoms with Crippen molar-refractivity contribution in [3.63, 3.8) is 0 Å². The number of aromatic nitrogens is 1. The monoisotopic (exact) mass is 242 g/mol. The van der Waals surface area contributed by atoms with E-state index in [0.29, 0.717) is 12.1 Å². The highest BCUT2D eigenvalue weighted by molar-refractivity contribution is 5.98. The number of rotatable bonds is 3. The molecule has 18 heavy (non-hydrogen) atoms. The minimum atomic E-state index is -0.0410. The van der Waals surface area contributed by atoms with Crippen LogP contribution in [-0.4, -0.2) is 17.4 Å². The van der Waals surface area contributed by atoms with E-state index in [1.165, 1.54) is 5.56 Å². The molecule has 3 nitrogen and oxygen atoms in total. The van der Waals surface area contributed by atoms with Crippen molar-refractivity contribution in [2.45, 2.75) is 27.2 Å². The number of amides is 1. The molecule has 0 aliphatic rings. The Morgan fingerprint density at radius 1 is 1.28 bits per heavy atom. The Hall–Kier alpha value is -1.90. The number of hydrogen-bond acceptors (Lipinski definition) is 2. The Balaban J connectivity index is 2.54. The van der Waals surface area contributed by atoms with Crippen LogP contribution in [0.4, 0.5) is 0 Å². The summed E-state index contributed by atoms with van der Waals surface area (Å²) in [5, 5.41) is 3.94. The molecule has 1 aromatic heterocycles. The lowest BCUT2D eigenvalue weighted by atomic mass is 10.0. The number of carbonyl (C=O) groups is 1. The van der Waals surface area contributed by atoms with Crippen LogP contribution in [0.5, 0.6) is 0 Å². The molecule has 0 spiro atoms. The van der Waals surface area contributed by atoms with Crippen molar-refractivity contribution >= 4 is 16.8 Å². The van der Waals surface area contributed by atoms with Gasteiger partial charge in [0, 0.05) is 23.2 Å². The highest BCUT2D eigenvalue weighted by Crippen LogP contribution is 2.20. The second kappa shape index (κ2) is 5.17. The van der Waals surface area contributed by atoms with Gasteiger partial charge in [-0.25, -0.2) is 0 Å². The fourth-order valence-electron chi connectivity index (χ4n) is 2.14. The second-order valence-electron chi connectivity index (χ2n) is 4.37. The molecule has 1 amide bonds. The molecule has 0 saturated heterocycles. The van der Waals surface area contributed by atoms with Crippen LogP contribution in [0.1, 0.15) is 35.5 Å². The molecule has 1 aromatic carbocycles. The van der Waals surface area contributed by atoms with Gasteiger partial charge in [0.1, 0.15) is 0 Å². The van der Waals surface area contributed by atoms with Gasteiger partial charge in [0.05, 0.1) is 5.52 Å². The van der Waals surface area contributed by atoms with Crippen molar-refractivity contribution in [3.05, 3.63) is 41.1 Å². The van der Waals surface area contributed by atoms with Gasteiger partial charge in [-0.3, -0.25) is 9.78 Å². The average Bonchev–Trinajstić information content (AvgIpc) is 2.37. The third-order valence-corrected chi connectivity index (χ3v) is 3.00. The summed E-state index contributed by atoms with van der Waals surface area (Å²) in [6, 6.07) is 7.83. The van der Waals surface area contributed by atoms with Crippen molar-refractivity contribution < 1.29 is 4.79 Å². The summed E-state index contributed by atoms with van der Waals surface area (Å²) in [7, 11) is 0. The number of pyridine rings is 1. The predicted octanol–water partition coefficient (Wildman–Crippen LogP) is 2.86. The zero-order valence-corrected chi connectivity index (χ0v) is 11.1. The quantitative estimate of drug-likeness (QED) is 0.899. The number of nitrogens with zero attached hydrogens (tertiary/aromatic N) is 1. The summed E-state index contributed by atoms with van der Waals surface area (Å²) in [5.41, 5.74) is 3.84. The normalized spacial score (nSPS) is 10.6. The Morgan fingerprint density at radius 3 is 2.72 bits per heavy atom. The van der Waals surface area contributed by atoms with E-state index in [1.807, 2.05) is 32.0 Å². The average molecular weight is 242 g/mol. The lowest BCUT2D eigenvalue weighted by molar-refractivity contribution is 0.0956. The molecule has 0 bridgehead atoms. The van der Waals surface area contributed by atoms with Gasteiger partial charge in [-0.2, -0.15) is 0 Å². The number of hydrogen-bond donors (Lipinski definition) is 1. The summed E-state index contributed by atoms with van der Waals surface area (Å²) in [6.07, 6.45) is 0.973. The van der Waals surface area contributed by atoms with E-state index in [2.05, 4.69) is 23.3 Å². The molecule has 0 atom stereocenters. The van der Waals surface area contributed by atoms with E-state index in [4.69, 9.17) is 0 Å². The summed E-state index contributed by atoms with van der Waals surface area (Å²) < 4.78 is 0. The van der Waals surface area contributed by atoms with Gasteiger partial charge in [0.25, 0.3) is 5.91 Å². The fourth-order valence-corrected chi connectivity index (χ4v) is 2.14. The van der Waals surface area contributed by atoms with Gasteiger partial charge in [0.15, 0.2) is 0 Å². The van der Waals surface area contributed by atoms with Gasteiger partial charge in [-0.15, -0.1) is 0 Å². The van der Waals surface area contributed by atoms with Gasteiger partial charge in [-0.05, 0) is 44.0 Å². The SMILES string of the molecule is CCNC(=O)c1ccc2c(CC)cc(C)nc2c1. The van der Waals surface area contributed by atoms with E-state index in [0.717, 1.165) is 23.0 Å². The first-order chi connectivity index (χ1) is 8.65. The molecule has 0 saturated carbocycles. The number of benzene rings is 1. The Bertz CT molecular complexity index is 590. The molecule has 0 fully saturated rings. The maximum atomic E-state index is 11.8. The van der Waals surface area contributed by atoms with Crippen LogP contribution in [-0.2, 0) is 6.42 Å². The smallest absolute Gasteiger partial charge is 0.251 e. The zero-order valence-electron chi connectivity index (χ0n) is 11.1. The van der Waals surface area contributed by atoms with Gasteiger partial charge in [-0.1, -0.05) is 13.0 Å². The molecule has 0 aliphatic carbocycles. The van der Waals surface area contributed by atoms with Crippen LogP contribution in [0.25, 0.3) is 10.9 Å². The first-order valence-electron chi connectivity index (χ1n) is 6.34. The van der Waals surface area contributed by atoms with E-state index in [-0.39, 0.29) is 5.91 Å². The number of aryl methyl sites for hydroxylation is 2. The summed E-state index contributed by atoms with van der Waals surface area (Å²) in [6.45, 7) is 6.66. The fraction of sp³-hybridized carbons (Fsp3) is 0.333. The lowest BCUT2D eigenvalue weighted by Crippen LogP contribution is -2.22. The van der Waals surface area contributed by atoms with Gasteiger partial charge >= 0.3 is 0 Å². The van der Waals surface area contributed by atoms with Crippen LogP contribution < -0.4 is 5.32 Å². The highest BCUT2D eigenvalue weighted by atomic mass is 16.1. The number of fused-ring (bicyclic) bond motifs is 1. The molecule has 2 rings (SSSR count). The van der Waals surface area contributed by atoms with E-state index in [9.17, 15) is 4.79 Å². The van der Waals surface area contributed by atoms with Crippen molar-refractivity contribution in [2.24, 2.45) is 0 Å². The van der Waals surface area contributed by atoms with Crippen LogP contribution in [0.2, 0.25) is 0 Å². The minimum Gasteiger partial charge on any atom is -0.352 e. The van der Waals surface area contributed by atoms with Crippen molar-refractivity contribution in [3.8, 4) is 0 Å². The molecule has 2 aromatic rings. The third-order valence-electron chi connectivity index (χ3n) is 3.00. The highest BCUT2D eigenvalue weighted by Gasteiger charge is 2.08. The van der Waals surface area contributed by atoms with Crippen molar-refractivity contribution in [2.75, 3.05) is 6.54 Å². The second-order valence-corrected chi connectivity index (χ2v) is 4.37. The molecule has 0 radical (unpaired) electrons. The topological polar surface area (TPSA) is 42.0 Å².